The average molecular weight is 311 g/mol. The summed E-state index contributed by atoms with van der Waals surface area (Å²) in [4.78, 5) is 13.0. The number of amides is 1. The number of benzene rings is 1. The Kier molecular flexibility index (Phi) is 4.59. The highest BCUT2D eigenvalue weighted by atomic mass is 19.4. The van der Waals surface area contributed by atoms with E-state index in [4.69, 9.17) is 0 Å². The number of alkyl halides is 3. The van der Waals surface area contributed by atoms with E-state index in [1.807, 2.05) is 11.0 Å². The number of hydrogen-bond acceptors (Lipinski definition) is 3. The number of anilines is 2. The molecule has 1 aromatic rings. The van der Waals surface area contributed by atoms with E-state index >= 15 is 0 Å². The maximum atomic E-state index is 12.2. The standard InChI is InChI=1S/C15H16F3N3O/c1-10-4-6-21(7-5-10)13-3-2-12(8-11(13)9-19)20-14(22)15(16,17)18/h2-3,8,10H,4-7H2,1H3,(H,20,22). The molecule has 0 spiro atoms. The monoisotopic (exact) mass is 311 g/mol. The third-order valence-corrected chi connectivity index (χ3v) is 3.76. The van der Waals surface area contributed by atoms with Gasteiger partial charge in [-0.05, 0) is 37.0 Å². The molecule has 1 aliphatic rings. The molecular weight excluding hydrogens is 295 g/mol. The van der Waals surface area contributed by atoms with Gasteiger partial charge in [0, 0.05) is 18.8 Å². The lowest BCUT2D eigenvalue weighted by Gasteiger charge is -2.32. The first-order valence-electron chi connectivity index (χ1n) is 6.98. The summed E-state index contributed by atoms with van der Waals surface area (Å²) in [5.41, 5.74) is 0.918. The van der Waals surface area contributed by atoms with Gasteiger partial charge in [0.1, 0.15) is 6.07 Å². The Morgan fingerprint density at radius 3 is 2.55 bits per heavy atom. The molecule has 0 atom stereocenters. The number of carbonyl (C=O) groups is 1. The lowest BCUT2D eigenvalue weighted by atomic mass is 9.98. The molecule has 1 amide bonds. The van der Waals surface area contributed by atoms with Crippen LogP contribution in [0.3, 0.4) is 0 Å². The zero-order valence-corrected chi connectivity index (χ0v) is 12.1. The number of nitrogens with one attached hydrogen (secondary N) is 1. The van der Waals surface area contributed by atoms with Crippen LogP contribution >= 0.6 is 0 Å². The first kappa shape index (κ1) is 16.1. The highest BCUT2D eigenvalue weighted by Crippen LogP contribution is 2.28. The van der Waals surface area contributed by atoms with Crippen LogP contribution in [0.25, 0.3) is 0 Å². The van der Waals surface area contributed by atoms with Crippen LogP contribution in [0.4, 0.5) is 24.5 Å². The minimum Gasteiger partial charge on any atom is -0.370 e. The predicted molar refractivity (Wildman–Crippen MR) is 76.5 cm³/mol. The zero-order valence-electron chi connectivity index (χ0n) is 12.1. The Balaban J connectivity index is 2.18. The van der Waals surface area contributed by atoms with E-state index in [1.165, 1.54) is 12.1 Å². The van der Waals surface area contributed by atoms with Crippen LogP contribution in [-0.2, 0) is 4.79 Å². The van der Waals surface area contributed by atoms with Crippen molar-refractivity contribution in [1.82, 2.24) is 0 Å². The lowest BCUT2D eigenvalue weighted by Crippen LogP contribution is -2.33. The van der Waals surface area contributed by atoms with E-state index < -0.39 is 12.1 Å². The fourth-order valence-electron chi connectivity index (χ4n) is 2.43. The molecule has 0 unspecified atom stereocenters. The molecule has 0 radical (unpaired) electrons. The van der Waals surface area contributed by atoms with Gasteiger partial charge in [0.15, 0.2) is 0 Å². The molecule has 0 bridgehead atoms. The molecule has 1 N–H and O–H groups in total. The summed E-state index contributed by atoms with van der Waals surface area (Å²) in [5, 5.41) is 11.0. The Morgan fingerprint density at radius 2 is 2.00 bits per heavy atom. The quantitative estimate of drug-likeness (QED) is 0.912. The Hall–Kier alpha value is -2.23. The van der Waals surface area contributed by atoms with E-state index in [9.17, 15) is 23.2 Å². The summed E-state index contributed by atoms with van der Waals surface area (Å²) in [6.07, 6.45) is -2.93. The van der Waals surface area contributed by atoms with Crippen molar-refractivity contribution in [2.24, 2.45) is 5.92 Å². The normalized spacial score (nSPS) is 16.2. The Bertz CT molecular complexity index is 599. The van der Waals surface area contributed by atoms with Gasteiger partial charge in [0.25, 0.3) is 0 Å². The van der Waals surface area contributed by atoms with Gasteiger partial charge < -0.3 is 10.2 Å². The second-order valence-electron chi connectivity index (χ2n) is 5.47. The van der Waals surface area contributed by atoms with Gasteiger partial charge in [-0.1, -0.05) is 6.92 Å². The van der Waals surface area contributed by atoms with Crippen molar-refractivity contribution in [2.75, 3.05) is 23.3 Å². The van der Waals surface area contributed by atoms with Crippen LogP contribution in [0.1, 0.15) is 25.3 Å². The van der Waals surface area contributed by atoms with E-state index in [1.54, 1.807) is 11.4 Å². The molecule has 4 nitrogen and oxygen atoms in total. The highest BCUT2D eigenvalue weighted by Gasteiger charge is 2.38. The minimum absolute atomic E-state index is 0.0343. The van der Waals surface area contributed by atoms with Gasteiger partial charge in [-0.15, -0.1) is 0 Å². The number of hydrogen-bond donors (Lipinski definition) is 1. The number of carbonyl (C=O) groups excluding carboxylic acids is 1. The van der Waals surface area contributed by atoms with Crippen molar-refractivity contribution >= 4 is 17.3 Å². The van der Waals surface area contributed by atoms with Crippen molar-refractivity contribution < 1.29 is 18.0 Å². The van der Waals surface area contributed by atoms with Gasteiger partial charge in [-0.2, -0.15) is 18.4 Å². The van der Waals surface area contributed by atoms with Crippen LogP contribution in [0, 0.1) is 17.2 Å². The first-order chi connectivity index (χ1) is 10.3. The molecular formula is C15H16F3N3O. The maximum Gasteiger partial charge on any atom is 0.471 e. The van der Waals surface area contributed by atoms with E-state index in [0.717, 1.165) is 25.9 Å². The maximum absolute atomic E-state index is 12.2. The van der Waals surface area contributed by atoms with Crippen LogP contribution in [-0.4, -0.2) is 25.2 Å². The Morgan fingerprint density at radius 1 is 1.36 bits per heavy atom. The topological polar surface area (TPSA) is 56.1 Å². The Labute approximate surface area is 126 Å². The fourth-order valence-corrected chi connectivity index (χ4v) is 2.43. The fraction of sp³-hybridized carbons (Fsp3) is 0.467. The molecule has 1 saturated heterocycles. The molecule has 1 aliphatic heterocycles. The van der Waals surface area contributed by atoms with Gasteiger partial charge >= 0.3 is 12.1 Å². The van der Waals surface area contributed by atoms with Crippen molar-refractivity contribution in [3.05, 3.63) is 23.8 Å². The second-order valence-corrected chi connectivity index (χ2v) is 5.47. The van der Waals surface area contributed by atoms with Crippen LogP contribution < -0.4 is 10.2 Å². The van der Waals surface area contributed by atoms with E-state index in [0.29, 0.717) is 11.6 Å². The zero-order chi connectivity index (χ0) is 16.3. The summed E-state index contributed by atoms with van der Waals surface area (Å²) in [6.45, 7) is 3.78. The molecule has 2 rings (SSSR count). The SMILES string of the molecule is CC1CCN(c2ccc(NC(=O)C(F)(F)F)cc2C#N)CC1. The van der Waals surface area contributed by atoms with Gasteiger partial charge in [-0.25, -0.2) is 0 Å². The van der Waals surface area contributed by atoms with E-state index in [-0.39, 0.29) is 11.3 Å². The molecule has 118 valence electrons. The summed E-state index contributed by atoms with van der Waals surface area (Å²) in [6, 6.07) is 6.23. The summed E-state index contributed by atoms with van der Waals surface area (Å²) >= 11 is 0. The van der Waals surface area contributed by atoms with Crippen molar-refractivity contribution in [3.8, 4) is 6.07 Å². The molecule has 7 heteroatoms. The lowest BCUT2D eigenvalue weighted by molar-refractivity contribution is -0.167. The van der Waals surface area contributed by atoms with Crippen LogP contribution in [0.5, 0.6) is 0 Å². The summed E-state index contributed by atoms with van der Waals surface area (Å²) in [5.74, 6) is -1.41. The number of rotatable bonds is 2. The van der Waals surface area contributed by atoms with Crippen molar-refractivity contribution in [2.45, 2.75) is 25.9 Å². The predicted octanol–water partition coefficient (Wildman–Crippen LogP) is 3.30. The number of nitrogens with zero attached hydrogens (tertiary/aromatic N) is 2. The third-order valence-electron chi connectivity index (χ3n) is 3.76. The number of halogens is 3. The van der Waals surface area contributed by atoms with Crippen molar-refractivity contribution in [3.63, 3.8) is 0 Å². The van der Waals surface area contributed by atoms with Crippen molar-refractivity contribution in [1.29, 1.82) is 5.26 Å². The van der Waals surface area contributed by atoms with Gasteiger partial charge in [0.05, 0.1) is 11.3 Å². The van der Waals surface area contributed by atoms with E-state index in [2.05, 4.69) is 6.92 Å². The van der Waals surface area contributed by atoms with Crippen LogP contribution in [0.15, 0.2) is 18.2 Å². The molecule has 0 saturated carbocycles. The smallest absolute Gasteiger partial charge is 0.370 e. The number of piperidine rings is 1. The molecule has 1 aromatic carbocycles. The largest absolute Gasteiger partial charge is 0.471 e. The summed E-state index contributed by atoms with van der Waals surface area (Å²) < 4.78 is 36.7. The average Bonchev–Trinajstić information content (AvgIpc) is 2.47. The van der Waals surface area contributed by atoms with Gasteiger partial charge in [0.2, 0.25) is 0 Å². The molecule has 0 aliphatic carbocycles. The number of nitriles is 1. The first-order valence-corrected chi connectivity index (χ1v) is 6.98. The third kappa shape index (κ3) is 3.70. The second kappa shape index (κ2) is 6.26. The molecule has 1 fully saturated rings. The minimum atomic E-state index is -4.95. The molecule has 0 aromatic heterocycles. The summed E-state index contributed by atoms with van der Waals surface area (Å²) in [7, 11) is 0. The van der Waals surface area contributed by atoms with Gasteiger partial charge in [-0.3, -0.25) is 4.79 Å². The highest BCUT2D eigenvalue weighted by molar-refractivity contribution is 5.95. The van der Waals surface area contributed by atoms with Crippen LogP contribution in [0.2, 0.25) is 0 Å². The molecule has 1 heterocycles. The molecule has 22 heavy (non-hydrogen) atoms.